The molecule has 2 fully saturated rings. The molecule has 0 saturated carbocycles. The Morgan fingerprint density at radius 1 is 1.14 bits per heavy atom. The molecule has 1 aromatic rings. The van der Waals surface area contributed by atoms with Gasteiger partial charge < -0.3 is 19.7 Å². The van der Waals surface area contributed by atoms with E-state index in [2.05, 4.69) is 59.3 Å². The van der Waals surface area contributed by atoms with Crippen LogP contribution in [-0.4, -0.2) is 81.0 Å². The minimum absolute atomic E-state index is 0. The lowest BCUT2D eigenvalue weighted by molar-refractivity contribution is 0.0177. The standard InChI is InChI=1S/C22H36N4O2.HI/c1-3-23-22(26-12-10-20(11-13-26)28-4-2)24-18-21(19-8-6-5-7-9-19)25-14-16-27-17-15-25;/h5-9,20-21H,3-4,10-18H2,1-2H3,(H,23,24);1H. The first-order chi connectivity index (χ1) is 13.8. The fraction of sp³-hybridized carbons (Fsp3) is 0.682. The van der Waals surface area contributed by atoms with Gasteiger partial charge in [-0.1, -0.05) is 30.3 Å². The van der Waals surface area contributed by atoms with Crippen molar-refractivity contribution in [2.24, 2.45) is 4.99 Å². The lowest BCUT2D eigenvalue weighted by Crippen LogP contribution is -2.47. The number of nitrogens with one attached hydrogen (secondary N) is 1. The molecule has 0 spiro atoms. The van der Waals surface area contributed by atoms with Gasteiger partial charge in [0.25, 0.3) is 0 Å². The number of piperidine rings is 1. The van der Waals surface area contributed by atoms with Gasteiger partial charge in [-0.3, -0.25) is 9.89 Å². The lowest BCUT2D eigenvalue weighted by Gasteiger charge is -2.36. The van der Waals surface area contributed by atoms with Gasteiger partial charge in [0.2, 0.25) is 0 Å². The summed E-state index contributed by atoms with van der Waals surface area (Å²) in [7, 11) is 0. The highest BCUT2D eigenvalue weighted by Gasteiger charge is 2.24. The Morgan fingerprint density at radius 2 is 1.83 bits per heavy atom. The third kappa shape index (κ3) is 7.38. The summed E-state index contributed by atoms with van der Waals surface area (Å²) in [5.74, 6) is 1.03. The van der Waals surface area contributed by atoms with Crippen molar-refractivity contribution >= 4 is 29.9 Å². The minimum Gasteiger partial charge on any atom is -0.379 e. The first kappa shape index (κ1) is 24.4. The number of hydrogen-bond acceptors (Lipinski definition) is 4. The Bertz CT molecular complexity index is 588. The second kappa shape index (κ2) is 13.4. The number of guanidine groups is 1. The van der Waals surface area contributed by atoms with E-state index in [-0.39, 0.29) is 24.0 Å². The van der Waals surface area contributed by atoms with Crippen LogP contribution in [0.5, 0.6) is 0 Å². The first-order valence-corrected chi connectivity index (χ1v) is 10.8. The first-order valence-electron chi connectivity index (χ1n) is 10.8. The number of ether oxygens (including phenoxy) is 2. The van der Waals surface area contributed by atoms with Gasteiger partial charge in [0.05, 0.1) is 31.9 Å². The van der Waals surface area contributed by atoms with Crippen molar-refractivity contribution in [3.05, 3.63) is 35.9 Å². The van der Waals surface area contributed by atoms with Gasteiger partial charge in [-0.15, -0.1) is 24.0 Å². The molecule has 0 aliphatic carbocycles. The maximum atomic E-state index is 5.80. The molecule has 7 heteroatoms. The van der Waals surface area contributed by atoms with Crippen molar-refractivity contribution < 1.29 is 9.47 Å². The number of morpholine rings is 1. The van der Waals surface area contributed by atoms with Crippen LogP contribution >= 0.6 is 24.0 Å². The van der Waals surface area contributed by atoms with Crippen LogP contribution in [0.15, 0.2) is 35.3 Å². The van der Waals surface area contributed by atoms with E-state index in [1.165, 1.54) is 5.56 Å². The van der Waals surface area contributed by atoms with Gasteiger partial charge in [-0.25, -0.2) is 0 Å². The normalized spacial score (nSPS) is 20.2. The summed E-state index contributed by atoms with van der Waals surface area (Å²) in [5, 5.41) is 3.50. The Balaban J connectivity index is 0.00000300. The average molecular weight is 516 g/mol. The van der Waals surface area contributed by atoms with Crippen LogP contribution in [-0.2, 0) is 9.47 Å². The molecule has 29 heavy (non-hydrogen) atoms. The van der Waals surface area contributed by atoms with E-state index >= 15 is 0 Å². The highest BCUT2D eigenvalue weighted by atomic mass is 127. The van der Waals surface area contributed by atoms with Gasteiger partial charge in [-0.05, 0) is 32.3 Å². The van der Waals surface area contributed by atoms with E-state index in [0.717, 1.165) is 77.9 Å². The molecule has 2 aliphatic rings. The van der Waals surface area contributed by atoms with Crippen LogP contribution in [0.4, 0.5) is 0 Å². The fourth-order valence-corrected chi connectivity index (χ4v) is 4.06. The molecule has 2 aliphatic heterocycles. The molecular formula is C22H37IN4O2. The number of benzene rings is 1. The zero-order valence-electron chi connectivity index (χ0n) is 17.9. The molecule has 3 rings (SSSR count). The molecule has 164 valence electrons. The molecule has 6 nitrogen and oxygen atoms in total. The number of aliphatic imine (C=N–C) groups is 1. The Labute approximate surface area is 193 Å². The van der Waals surface area contributed by atoms with Gasteiger partial charge in [0, 0.05) is 39.3 Å². The van der Waals surface area contributed by atoms with Gasteiger partial charge in [-0.2, -0.15) is 0 Å². The van der Waals surface area contributed by atoms with E-state index in [1.807, 2.05) is 0 Å². The van der Waals surface area contributed by atoms with E-state index in [9.17, 15) is 0 Å². The number of hydrogen-bond donors (Lipinski definition) is 1. The van der Waals surface area contributed by atoms with Crippen LogP contribution < -0.4 is 5.32 Å². The number of halogens is 1. The van der Waals surface area contributed by atoms with Gasteiger partial charge in [0.1, 0.15) is 0 Å². The summed E-state index contributed by atoms with van der Waals surface area (Å²) in [6.45, 7) is 12.2. The molecular weight excluding hydrogens is 479 g/mol. The third-order valence-corrected chi connectivity index (χ3v) is 5.56. The monoisotopic (exact) mass is 516 g/mol. The number of rotatable bonds is 7. The maximum Gasteiger partial charge on any atom is 0.193 e. The molecule has 0 bridgehead atoms. The number of nitrogens with zero attached hydrogens (tertiary/aromatic N) is 3. The van der Waals surface area contributed by atoms with Crippen molar-refractivity contribution in [2.45, 2.75) is 38.8 Å². The molecule has 0 aromatic heterocycles. The predicted molar refractivity (Wildman–Crippen MR) is 129 cm³/mol. The summed E-state index contributed by atoms with van der Waals surface area (Å²) in [6, 6.07) is 11.0. The summed E-state index contributed by atoms with van der Waals surface area (Å²) in [5.41, 5.74) is 1.33. The number of likely N-dealkylation sites (tertiary alicyclic amines) is 1. The summed E-state index contributed by atoms with van der Waals surface area (Å²) in [6.07, 6.45) is 2.54. The SMILES string of the molecule is CCNC(=NCC(c1ccccc1)N1CCOCC1)N1CCC(OCC)CC1.I. The molecule has 2 heterocycles. The minimum atomic E-state index is 0. The molecule has 1 unspecified atom stereocenters. The fourth-order valence-electron chi connectivity index (χ4n) is 4.06. The van der Waals surface area contributed by atoms with E-state index in [0.29, 0.717) is 12.1 Å². The summed E-state index contributed by atoms with van der Waals surface area (Å²) in [4.78, 5) is 9.96. The van der Waals surface area contributed by atoms with Crippen molar-refractivity contribution in [1.29, 1.82) is 0 Å². The zero-order valence-corrected chi connectivity index (χ0v) is 20.2. The molecule has 2 saturated heterocycles. The Morgan fingerprint density at radius 3 is 2.45 bits per heavy atom. The van der Waals surface area contributed by atoms with Crippen LogP contribution in [0.3, 0.4) is 0 Å². The van der Waals surface area contributed by atoms with E-state index < -0.39 is 0 Å². The second-order valence-electron chi connectivity index (χ2n) is 7.41. The average Bonchev–Trinajstić information content (AvgIpc) is 2.75. The molecule has 0 amide bonds. The quantitative estimate of drug-likeness (QED) is 0.343. The maximum absolute atomic E-state index is 5.80. The predicted octanol–water partition coefficient (Wildman–Crippen LogP) is 3.14. The highest BCUT2D eigenvalue weighted by molar-refractivity contribution is 14.0. The van der Waals surface area contributed by atoms with E-state index in [4.69, 9.17) is 14.5 Å². The van der Waals surface area contributed by atoms with Crippen LogP contribution in [0.25, 0.3) is 0 Å². The molecule has 1 atom stereocenters. The van der Waals surface area contributed by atoms with Crippen molar-refractivity contribution in [1.82, 2.24) is 15.1 Å². The third-order valence-electron chi connectivity index (χ3n) is 5.56. The van der Waals surface area contributed by atoms with Crippen LogP contribution in [0.2, 0.25) is 0 Å². The lowest BCUT2D eigenvalue weighted by atomic mass is 10.0. The second-order valence-corrected chi connectivity index (χ2v) is 7.41. The molecule has 1 N–H and O–H groups in total. The van der Waals surface area contributed by atoms with E-state index in [1.54, 1.807) is 0 Å². The van der Waals surface area contributed by atoms with Gasteiger partial charge >= 0.3 is 0 Å². The van der Waals surface area contributed by atoms with Crippen molar-refractivity contribution in [3.8, 4) is 0 Å². The van der Waals surface area contributed by atoms with Crippen molar-refractivity contribution in [2.75, 3.05) is 59.1 Å². The van der Waals surface area contributed by atoms with Crippen LogP contribution in [0.1, 0.15) is 38.3 Å². The van der Waals surface area contributed by atoms with Gasteiger partial charge in [0.15, 0.2) is 5.96 Å². The topological polar surface area (TPSA) is 49.3 Å². The molecule has 0 radical (unpaired) electrons. The van der Waals surface area contributed by atoms with Crippen molar-refractivity contribution in [3.63, 3.8) is 0 Å². The zero-order chi connectivity index (χ0) is 19.6. The Hall–Kier alpha value is -0.900. The highest BCUT2D eigenvalue weighted by Crippen LogP contribution is 2.22. The molecule has 1 aromatic carbocycles. The Kier molecular flexibility index (Phi) is 11.3. The largest absolute Gasteiger partial charge is 0.379 e. The summed E-state index contributed by atoms with van der Waals surface area (Å²) >= 11 is 0. The smallest absolute Gasteiger partial charge is 0.193 e. The van der Waals surface area contributed by atoms with Crippen LogP contribution in [0, 0.1) is 0 Å². The summed E-state index contributed by atoms with van der Waals surface area (Å²) < 4.78 is 11.4.